The van der Waals surface area contributed by atoms with Crippen molar-refractivity contribution in [2.24, 2.45) is 0 Å². The number of amides is 3. The Morgan fingerprint density at radius 1 is 1.07 bits per heavy atom. The van der Waals surface area contributed by atoms with Crippen molar-refractivity contribution in [3.05, 3.63) is 77.7 Å². The van der Waals surface area contributed by atoms with Crippen LogP contribution in [0.2, 0.25) is 0 Å². The fourth-order valence-corrected chi connectivity index (χ4v) is 3.37. The van der Waals surface area contributed by atoms with Crippen LogP contribution in [0.3, 0.4) is 0 Å². The van der Waals surface area contributed by atoms with Crippen LogP contribution in [0.4, 0.5) is 4.79 Å². The fraction of sp³-hybridized carbons (Fsp3) is 0.217. The molecule has 1 aliphatic heterocycles. The van der Waals surface area contributed by atoms with Crippen molar-refractivity contribution >= 4 is 11.9 Å². The van der Waals surface area contributed by atoms with E-state index in [9.17, 15) is 9.59 Å². The quantitative estimate of drug-likeness (QED) is 0.708. The molecule has 2 aromatic carbocycles. The molecule has 1 saturated heterocycles. The number of hydrogen-bond acceptors (Lipinski definition) is 5. The lowest BCUT2D eigenvalue weighted by atomic mass is 10.0. The number of aryl methyl sites for hydroxylation is 1. The lowest BCUT2D eigenvalue weighted by molar-refractivity contribution is -0.123. The topological polar surface area (TPSA) is 84.4 Å². The summed E-state index contributed by atoms with van der Waals surface area (Å²) < 4.78 is 5.17. The van der Waals surface area contributed by atoms with E-state index in [4.69, 9.17) is 4.74 Å². The predicted octanol–water partition coefficient (Wildman–Crippen LogP) is 3.30. The van der Waals surface area contributed by atoms with Gasteiger partial charge >= 0.3 is 6.03 Å². The summed E-state index contributed by atoms with van der Waals surface area (Å²) in [6, 6.07) is 16.9. The Bertz CT molecular complexity index is 1060. The van der Waals surface area contributed by atoms with E-state index in [2.05, 4.69) is 15.3 Å². The van der Waals surface area contributed by atoms with Gasteiger partial charge < -0.3 is 9.64 Å². The third kappa shape index (κ3) is 4.15. The molecule has 7 nitrogen and oxygen atoms in total. The smallest absolute Gasteiger partial charge is 0.324 e. The first-order valence-corrected chi connectivity index (χ1v) is 9.66. The molecule has 30 heavy (non-hydrogen) atoms. The Morgan fingerprint density at radius 3 is 2.50 bits per heavy atom. The molecular weight excluding hydrogens is 380 g/mol. The molecule has 7 heteroatoms. The number of nitrogens with one attached hydrogen (secondary N) is 1. The second-order valence-corrected chi connectivity index (χ2v) is 7.24. The molecule has 0 saturated carbocycles. The van der Waals surface area contributed by atoms with Crippen molar-refractivity contribution in [2.75, 3.05) is 13.7 Å². The third-order valence-electron chi connectivity index (χ3n) is 5.10. The summed E-state index contributed by atoms with van der Waals surface area (Å²) in [6.45, 7) is 2.61. The standard InChI is InChI=1S/C23H22N4O3/c1-15-3-7-17(8-4-15)20-11-12-24-21(25-20)19-14-27(23(29)26-22(19)28)13-16-5-9-18(30-2)10-6-16/h3-12,19H,13-14H2,1-2H3,(H,26,28,29)/t19-/m0/s1. The zero-order chi connectivity index (χ0) is 21.1. The number of hydrogen-bond donors (Lipinski definition) is 1. The molecule has 1 aromatic heterocycles. The highest BCUT2D eigenvalue weighted by molar-refractivity contribution is 6.00. The van der Waals surface area contributed by atoms with Gasteiger partial charge in [0, 0.05) is 24.8 Å². The van der Waals surface area contributed by atoms with E-state index in [0.717, 1.165) is 28.1 Å². The molecule has 2 heterocycles. The summed E-state index contributed by atoms with van der Waals surface area (Å²) in [5.74, 6) is 0.132. The zero-order valence-corrected chi connectivity index (χ0v) is 16.8. The largest absolute Gasteiger partial charge is 0.497 e. The van der Waals surface area contributed by atoms with E-state index in [1.54, 1.807) is 18.2 Å². The number of benzene rings is 2. The molecular formula is C23H22N4O3. The molecule has 0 aliphatic carbocycles. The normalized spacial score (nSPS) is 16.3. The van der Waals surface area contributed by atoms with Crippen molar-refractivity contribution < 1.29 is 14.3 Å². The minimum absolute atomic E-state index is 0.216. The highest BCUT2D eigenvalue weighted by Crippen LogP contribution is 2.23. The van der Waals surface area contributed by atoms with Crippen molar-refractivity contribution in [3.63, 3.8) is 0 Å². The molecule has 1 N–H and O–H groups in total. The van der Waals surface area contributed by atoms with Crippen molar-refractivity contribution in [1.82, 2.24) is 20.2 Å². The first kappa shape index (κ1) is 19.6. The summed E-state index contributed by atoms with van der Waals surface area (Å²) in [7, 11) is 1.61. The van der Waals surface area contributed by atoms with E-state index >= 15 is 0 Å². The molecule has 1 fully saturated rings. The van der Waals surface area contributed by atoms with Crippen LogP contribution in [-0.4, -0.2) is 40.5 Å². The van der Waals surface area contributed by atoms with Gasteiger partial charge in [-0.2, -0.15) is 0 Å². The van der Waals surface area contributed by atoms with Crippen LogP contribution < -0.4 is 10.1 Å². The minimum atomic E-state index is -0.633. The van der Waals surface area contributed by atoms with Gasteiger partial charge in [-0.1, -0.05) is 42.0 Å². The number of rotatable bonds is 5. The second kappa shape index (κ2) is 8.32. The Kier molecular flexibility index (Phi) is 5.43. The highest BCUT2D eigenvalue weighted by atomic mass is 16.5. The lowest BCUT2D eigenvalue weighted by Gasteiger charge is -2.31. The molecule has 152 valence electrons. The number of methoxy groups -OCH3 is 1. The number of nitrogens with zero attached hydrogens (tertiary/aromatic N) is 3. The summed E-state index contributed by atoms with van der Waals surface area (Å²) >= 11 is 0. The van der Waals surface area contributed by atoms with Crippen molar-refractivity contribution in [3.8, 4) is 17.0 Å². The maximum atomic E-state index is 12.5. The fourth-order valence-electron chi connectivity index (χ4n) is 3.37. The second-order valence-electron chi connectivity index (χ2n) is 7.24. The van der Waals surface area contributed by atoms with E-state index in [-0.39, 0.29) is 12.5 Å². The first-order valence-electron chi connectivity index (χ1n) is 9.66. The molecule has 0 bridgehead atoms. The number of carbonyl (C=O) groups is 2. The SMILES string of the molecule is COc1ccc(CN2C[C@@H](c3nccc(-c4ccc(C)cc4)n3)C(=O)NC2=O)cc1. The van der Waals surface area contributed by atoms with Gasteiger partial charge in [-0.05, 0) is 30.7 Å². The van der Waals surface area contributed by atoms with E-state index < -0.39 is 11.9 Å². The third-order valence-corrected chi connectivity index (χ3v) is 5.10. The first-order chi connectivity index (χ1) is 14.5. The summed E-state index contributed by atoms with van der Waals surface area (Å²) in [4.78, 5) is 35.4. The average Bonchev–Trinajstić information content (AvgIpc) is 2.77. The summed E-state index contributed by atoms with van der Waals surface area (Å²) in [6.07, 6.45) is 1.65. The number of aromatic nitrogens is 2. The highest BCUT2D eigenvalue weighted by Gasteiger charge is 2.35. The Labute approximate surface area is 174 Å². The van der Waals surface area contributed by atoms with Crippen LogP contribution in [0, 0.1) is 6.92 Å². The molecule has 1 aliphatic rings. The molecule has 3 aromatic rings. The van der Waals surface area contributed by atoms with Crippen LogP contribution in [0.5, 0.6) is 5.75 Å². The zero-order valence-electron chi connectivity index (χ0n) is 16.8. The van der Waals surface area contributed by atoms with Gasteiger partial charge in [-0.25, -0.2) is 14.8 Å². The van der Waals surface area contributed by atoms with Crippen LogP contribution in [0.25, 0.3) is 11.3 Å². The van der Waals surface area contributed by atoms with Crippen LogP contribution in [0.1, 0.15) is 22.9 Å². The van der Waals surface area contributed by atoms with Gasteiger partial charge in [-0.3, -0.25) is 10.1 Å². The predicted molar refractivity (Wildman–Crippen MR) is 112 cm³/mol. The maximum Gasteiger partial charge on any atom is 0.324 e. The van der Waals surface area contributed by atoms with E-state index in [1.807, 2.05) is 61.5 Å². The molecule has 0 spiro atoms. The van der Waals surface area contributed by atoms with Crippen LogP contribution >= 0.6 is 0 Å². The molecule has 4 rings (SSSR count). The Balaban J connectivity index is 1.55. The van der Waals surface area contributed by atoms with E-state index in [1.165, 1.54) is 0 Å². The number of urea groups is 1. The van der Waals surface area contributed by atoms with Crippen LogP contribution in [0.15, 0.2) is 60.8 Å². The number of ether oxygens (including phenoxy) is 1. The van der Waals surface area contributed by atoms with Gasteiger partial charge in [0.25, 0.3) is 0 Å². The van der Waals surface area contributed by atoms with Gasteiger partial charge in [0.05, 0.1) is 12.8 Å². The number of imide groups is 1. The van der Waals surface area contributed by atoms with Crippen LogP contribution in [-0.2, 0) is 11.3 Å². The lowest BCUT2D eigenvalue weighted by Crippen LogP contribution is -2.53. The molecule has 3 amide bonds. The van der Waals surface area contributed by atoms with Gasteiger partial charge in [0.1, 0.15) is 17.5 Å². The maximum absolute atomic E-state index is 12.5. The van der Waals surface area contributed by atoms with Crippen molar-refractivity contribution in [2.45, 2.75) is 19.4 Å². The molecule has 0 unspecified atom stereocenters. The monoisotopic (exact) mass is 402 g/mol. The van der Waals surface area contributed by atoms with Gasteiger partial charge in [0.15, 0.2) is 0 Å². The van der Waals surface area contributed by atoms with E-state index in [0.29, 0.717) is 12.4 Å². The Morgan fingerprint density at radius 2 is 1.80 bits per heavy atom. The summed E-state index contributed by atoms with van der Waals surface area (Å²) in [5.41, 5.74) is 3.79. The molecule has 1 atom stereocenters. The number of carbonyl (C=O) groups excluding carboxylic acids is 2. The summed E-state index contributed by atoms with van der Waals surface area (Å²) in [5, 5.41) is 2.43. The Hall–Kier alpha value is -3.74. The molecule has 0 radical (unpaired) electrons. The minimum Gasteiger partial charge on any atom is -0.497 e. The van der Waals surface area contributed by atoms with Gasteiger partial charge in [0.2, 0.25) is 5.91 Å². The average molecular weight is 402 g/mol. The van der Waals surface area contributed by atoms with Crippen molar-refractivity contribution in [1.29, 1.82) is 0 Å². The van der Waals surface area contributed by atoms with Gasteiger partial charge in [-0.15, -0.1) is 0 Å².